The van der Waals surface area contributed by atoms with Crippen molar-refractivity contribution in [3.05, 3.63) is 11.5 Å². The predicted molar refractivity (Wildman–Crippen MR) is 79.8 cm³/mol. The van der Waals surface area contributed by atoms with E-state index in [4.69, 9.17) is 9.84 Å². The maximum Gasteiger partial charge on any atom is 0.421 e. The Morgan fingerprint density at radius 3 is 2.45 bits per heavy atom. The highest BCUT2D eigenvalue weighted by atomic mass is 32.2. The summed E-state index contributed by atoms with van der Waals surface area (Å²) in [5.74, 6) is 0. The van der Waals surface area contributed by atoms with Crippen molar-refractivity contribution in [3.8, 4) is 0 Å². The van der Waals surface area contributed by atoms with E-state index in [1.165, 1.54) is 11.0 Å². The molecule has 2 amide bonds. The molecule has 0 bridgehead atoms. The van der Waals surface area contributed by atoms with Gasteiger partial charge in [-0.2, -0.15) is 0 Å². The minimum atomic E-state index is -4.05. The Bertz CT molecular complexity index is 578. The Hall–Kier alpha value is -1.77. The van der Waals surface area contributed by atoms with Gasteiger partial charge < -0.3 is 9.84 Å². The molecular formula is C13H22N2O6S. The molecule has 0 aromatic carbocycles. The van der Waals surface area contributed by atoms with Crippen LogP contribution in [0.4, 0.5) is 9.59 Å². The van der Waals surface area contributed by atoms with E-state index < -0.39 is 33.3 Å². The van der Waals surface area contributed by atoms with Crippen LogP contribution >= 0.6 is 0 Å². The zero-order valence-corrected chi connectivity index (χ0v) is 13.9. The van der Waals surface area contributed by atoms with Crippen molar-refractivity contribution in [2.75, 3.05) is 6.54 Å². The average molecular weight is 334 g/mol. The molecule has 0 saturated carbocycles. The van der Waals surface area contributed by atoms with Gasteiger partial charge in [-0.15, -0.1) is 0 Å². The normalized spacial score (nSPS) is 22.8. The van der Waals surface area contributed by atoms with Crippen LogP contribution in [0.3, 0.4) is 0 Å². The van der Waals surface area contributed by atoms with E-state index in [1.807, 2.05) is 0 Å². The number of carboxylic acid groups (broad SMARTS) is 1. The summed E-state index contributed by atoms with van der Waals surface area (Å²) < 4.78 is 30.3. The summed E-state index contributed by atoms with van der Waals surface area (Å²) in [6.07, 6.45) is 0.247. The molecule has 1 aliphatic rings. The molecule has 0 spiro atoms. The van der Waals surface area contributed by atoms with E-state index >= 15 is 0 Å². The first-order chi connectivity index (χ1) is 9.85. The third-order valence-electron chi connectivity index (χ3n) is 3.14. The highest BCUT2D eigenvalue weighted by Gasteiger charge is 2.38. The third-order valence-corrected chi connectivity index (χ3v) is 4.09. The largest absolute Gasteiger partial charge is 0.465 e. The van der Waals surface area contributed by atoms with E-state index in [2.05, 4.69) is 0 Å². The van der Waals surface area contributed by atoms with Crippen molar-refractivity contribution in [3.63, 3.8) is 0 Å². The van der Waals surface area contributed by atoms with E-state index in [9.17, 15) is 18.0 Å². The van der Waals surface area contributed by atoms with E-state index in [0.29, 0.717) is 19.4 Å². The van der Waals surface area contributed by atoms with Crippen LogP contribution in [0.15, 0.2) is 11.5 Å². The molecule has 1 fully saturated rings. The lowest BCUT2D eigenvalue weighted by Crippen LogP contribution is -2.43. The fourth-order valence-electron chi connectivity index (χ4n) is 2.16. The maximum absolute atomic E-state index is 11.8. The van der Waals surface area contributed by atoms with Crippen LogP contribution in [0.1, 0.15) is 40.5 Å². The molecule has 2 N–H and O–H groups in total. The molecule has 126 valence electrons. The Morgan fingerprint density at radius 2 is 1.95 bits per heavy atom. The molecule has 1 heterocycles. The lowest BCUT2D eigenvalue weighted by Gasteiger charge is -2.29. The molecule has 0 aromatic rings. The van der Waals surface area contributed by atoms with Crippen molar-refractivity contribution in [1.82, 2.24) is 9.62 Å². The van der Waals surface area contributed by atoms with Gasteiger partial charge in [-0.25, -0.2) is 22.7 Å². The number of carbonyl (C=O) groups is 2. The minimum Gasteiger partial charge on any atom is -0.465 e. The zero-order chi connectivity index (χ0) is 17.2. The van der Waals surface area contributed by atoms with Gasteiger partial charge in [-0.3, -0.25) is 4.90 Å². The Morgan fingerprint density at radius 1 is 1.36 bits per heavy atom. The number of hydrogen-bond acceptors (Lipinski definition) is 5. The summed E-state index contributed by atoms with van der Waals surface area (Å²) in [6, 6.07) is 0. The van der Waals surface area contributed by atoms with E-state index in [0.717, 1.165) is 5.41 Å². The number of ether oxygens (including phenoxy) is 1. The van der Waals surface area contributed by atoms with Gasteiger partial charge in [0.05, 0.1) is 5.54 Å². The topological polar surface area (TPSA) is 113 Å². The summed E-state index contributed by atoms with van der Waals surface area (Å²) in [6.45, 7) is 6.81. The summed E-state index contributed by atoms with van der Waals surface area (Å²) in [4.78, 5) is 23.8. The molecule has 0 radical (unpaired) electrons. The van der Waals surface area contributed by atoms with Crippen molar-refractivity contribution < 1.29 is 27.9 Å². The second-order valence-corrected chi connectivity index (χ2v) is 7.91. The number of amides is 2. The van der Waals surface area contributed by atoms with Gasteiger partial charge in [-0.1, -0.05) is 0 Å². The number of likely N-dealkylation sites (tertiary alicyclic amines) is 1. The van der Waals surface area contributed by atoms with Gasteiger partial charge in [0.15, 0.2) is 0 Å². The summed E-state index contributed by atoms with van der Waals surface area (Å²) in [5.41, 5.74) is -1.73. The molecule has 0 aliphatic carbocycles. The van der Waals surface area contributed by atoms with Crippen LogP contribution in [-0.2, 0) is 14.8 Å². The fourth-order valence-corrected chi connectivity index (χ4v) is 2.97. The minimum absolute atomic E-state index is 0.343. The molecule has 0 unspecified atom stereocenters. The standard InChI is InChI=1S/C13H22N2O6S/c1-12(2,3)21-10(16)14-22(19,20)9-7-13(4)6-5-8-15(13)11(17)18/h7,9H,5-6,8H2,1-4H3,(H,14,16)(H,17,18)/b9-7+/t13-/m1/s1. The van der Waals surface area contributed by atoms with E-state index in [1.54, 1.807) is 32.4 Å². The number of rotatable bonds is 3. The lowest BCUT2D eigenvalue weighted by atomic mass is 10.00. The monoisotopic (exact) mass is 334 g/mol. The van der Waals surface area contributed by atoms with Crippen LogP contribution in [0.5, 0.6) is 0 Å². The van der Waals surface area contributed by atoms with Gasteiger partial charge in [0, 0.05) is 12.0 Å². The number of carbonyl (C=O) groups excluding carboxylic acids is 1. The molecule has 1 atom stereocenters. The predicted octanol–water partition coefficient (Wildman–Crippen LogP) is 1.89. The summed E-state index contributed by atoms with van der Waals surface area (Å²) in [7, 11) is -4.05. The quantitative estimate of drug-likeness (QED) is 0.815. The lowest BCUT2D eigenvalue weighted by molar-refractivity contribution is 0.0570. The smallest absolute Gasteiger partial charge is 0.421 e. The van der Waals surface area contributed by atoms with Crippen molar-refractivity contribution in [2.45, 2.75) is 51.7 Å². The molecule has 22 heavy (non-hydrogen) atoms. The summed E-state index contributed by atoms with van der Waals surface area (Å²) >= 11 is 0. The van der Waals surface area contributed by atoms with Crippen LogP contribution in [0.25, 0.3) is 0 Å². The highest BCUT2D eigenvalue weighted by molar-refractivity contribution is 7.92. The number of sulfonamides is 1. The molecule has 0 aromatic heterocycles. The third kappa shape index (κ3) is 5.21. The van der Waals surface area contributed by atoms with Crippen molar-refractivity contribution >= 4 is 22.2 Å². The Kier molecular flexibility index (Phi) is 5.11. The number of hydrogen-bond donors (Lipinski definition) is 2. The molecule has 1 aliphatic heterocycles. The van der Waals surface area contributed by atoms with Gasteiger partial charge in [0.2, 0.25) is 0 Å². The van der Waals surface area contributed by atoms with Crippen LogP contribution in [0, 0.1) is 0 Å². The first kappa shape index (κ1) is 18.3. The van der Waals surface area contributed by atoms with Gasteiger partial charge in [0.25, 0.3) is 10.0 Å². The summed E-state index contributed by atoms with van der Waals surface area (Å²) in [5, 5.41) is 9.91. The van der Waals surface area contributed by atoms with Crippen molar-refractivity contribution in [2.24, 2.45) is 0 Å². The van der Waals surface area contributed by atoms with Gasteiger partial charge in [-0.05, 0) is 46.6 Å². The Labute approximate surface area is 130 Å². The zero-order valence-electron chi connectivity index (χ0n) is 13.1. The molecule has 1 saturated heterocycles. The molecule has 1 rings (SSSR count). The van der Waals surface area contributed by atoms with E-state index in [-0.39, 0.29) is 0 Å². The Balaban J connectivity index is 2.79. The molecule has 9 heteroatoms. The molecule has 8 nitrogen and oxygen atoms in total. The maximum atomic E-state index is 11.8. The second-order valence-electron chi connectivity index (χ2n) is 6.35. The van der Waals surface area contributed by atoms with Gasteiger partial charge in [0.1, 0.15) is 5.60 Å². The highest BCUT2D eigenvalue weighted by Crippen LogP contribution is 2.30. The molecular weight excluding hydrogens is 312 g/mol. The first-order valence-corrected chi connectivity index (χ1v) is 8.35. The van der Waals surface area contributed by atoms with Crippen LogP contribution in [-0.4, -0.2) is 48.3 Å². The van der Waals surface area contributed by atoms with Crippen LogP contribution < -0.4 is 4.72 Å². The second kappa shape index (κ2) is 6.15. The fraction of sp³-hybridized carbons (Fsp3) is 0.692. The number of nitrogens with one attached hydrogen (secondary N) is 1. The van der Waals surface area contributed by atoms with Gasteiger partial charge >= 0.3 is 12.2 Å². The number of nitrogens with zero attached hydrogens (tertiary/aromatic N) is 1. The first-order valence-electron chi connectivity index (χ1n) is 6.80. The SMILES string of the molecule is CC(C)(C)OC(=O)NS(=O)(=O)/C=C/[C@@]1(C)CCCN1C(=O)O. The van der Waals surface area contributed by atoms with Crippen LogP contribution in [0.2, 0.25) is 0 Å². The van der Waals surface area contributed by atoms with Crippen molar-refractivity contribution in [1.29, 1.82) is 0 Å². The average Bonchev–Trinajstić information content (AvgIpc) is 2.66.